The summed E-state index contributed by atoms with van der Waals surface area (Å²) in [6.45, 7) is 6.24. The van der Waals surface area contributed by atoms with Gasteiger partial charge in [-0.3, -0.25) is 4.99 Å². The van der Waals surface area contributed by atoms with Crippen molar-refractivity contribution in [3.63, 3.8) is 0 Å². The second kappa shape index (κ2) is 9.93. The van der Waals surface area contributed by atoms with Crippen LogP contribution in [0.5, 0.6) is 0 Å². The van der Waals surface area contributed by atoms with Crippen LogP contribution in [-0.2, 0) is 11.2 Å². The molecule has 2 N–H and O–H groups in total. The third kappa shape index (κ3) is 5.21. The largest absolute Gasteiger partial charge is 0.393 e. The number of aliphatic hydroxyl groups is 1. The van der Waals surface area contributed by atoms with Crippen LogP contribution in [0.25, 0.3) is 0 Å². The highest BCUT2D eigenvalue weighted by molar-refractivity contribution is 5.80. The Balaban J connectivity index is 1.44. The van der Waals surface area contributed by atoms with E-state index in [0.717, 1.165) is 64.4 Å². The number of rotatable bonds is 6. The van der Waals surface area contributed by atoms with Gasteiger partial charge in [0.2, 0.25) is 0 Å². The smallest absolute Gasteiger partial charge is 0.193 e. The van der Waals surface area contributed by atoms with E-state index in [4.69, 9.17) is 9.73 Å². The van der Waals surface area contributed by atoms with Gasteiger partial charge in [0.05, 0.1) is 12.2 Å². The molecule has 5 nitrogen and oxygen atoms in total. The van der Waals surface area contributed by atoms with E-state index in [1.807, 2.05) is 0 Å². The molecule has 1 fully saturated rings. The van der Waals surface area contributed by atoms with Crippen LogP contribution in [0, 0.1) is 0 Å². The summed E-state index contributed by atoms with van der Waals surface area (Å²) < 4.78 is 6.17. The number of nitrogens with one attached hydrogen (secondary N) is 1. The lowest BCUT2D eigenvalue weighted by Gasteiger charge is -2.32. The summed E-state index contributed by atoms with van der Waals surface area (Å²) in [5.41, 5.74) is 2.82. The van der Waals surface area contributed by atoms with Crippen molar-refractivity contribution in [2.45, 2.75) is 57.7 Å². The number of aryl methyl sites for hydroxylation is 1. The molecule has 2 aliphatic rings. The van der Waals surface area contributed by atoms with Crippen LogP contribution < -0.4 is 5.32 Å². The van der Waals surface area contributed by atoms with Gasteiger partial charge in [0.25, 0.3) is 0 Å². The summed E-state index contributed by atoms with van der Waals surface area (Å²) in [5, 5.41) is 13.0. The zero-order chi connectivity index (χ0) is 18.2. The fourth-order valence-corrected chi connectivity index (χ4v) is 3.86. The van der Waals surface area contributed by atoms with Crippen molar-refractivity contribution in [3.05, 3.63) is 35.4 Å². The Morgan fingerprint density at radius 2 is 2.08 bits per heavy atom. The first-order valence-electron chi connectivity index (χ1n) is 10.2. The van der Waals surface area contributed by atoms with Crippen LogP contribution in [-0.4, -0.2) is 54.9 Å². The Kier molecular flexibility index (Phi) is 7.32. The number of nitrogens with zero attached hydrogens (tertiary/aromatic N) is 2. The van der Waals surface area contributed by atoms with Crippen molar-refractivity contribution < 1.29 is 9.84 Å². The summed E-state index contributed by atoms with van der Waals surface area (Å²) in [6.07, 6.45) is 6.20. The number of aliphatic hydroxyl groups excluding tert-OH is 1. The number of guanidine groups is 1. The Bertz CT molecular complexity index is 582. The first-order chi connectivity index (χ1) is 12.8. The molecule has 5 heteroatoms. The molecule has 0 saturated carbocycles. The molecule has 26 heavy (non-hydrogen) atoms. The van der Waals surface area contributed by atoms with E-state index in [2.05, 4.69) is 41.4 Å². The summed E-state index contributed by atoms with van der Waals surface area (Å²) in [5.74, 6) is 0.974. The maximum Gasteiger partial charge on any atom is 0.193 e. The fraction of sp³-hybridized carbons (Fsp3) is 0.667. The van der Waals surface area contributed by atoms with Gasteiger partial charge in [-0.1, -0.05) is 24.3 Å². The molecule has 0 radical (unpaired) electrons. The third-order valence-corrected chi connectivity index (χ3v) is 5.30. The molecule has 1 aliphatic heterocycles. The number of ether oxygens (including phenoxy) is 1. The van der Waals surface area contributed by atoms with Crippen molar-refractivity contribution >= 4 is 5.96 Å². The molecule has 1 atom stereocenters. The molecular formula is C21H33N3O2. The molecule has 3 rings (SSSR count). The van der Waals surface area contributed by atoms with Crippen LogP contribution in [0.4, 0.5) is 0 Å². The van der Waals surface area contributed by atoms with Gasteiger partial charge >= 0.3 is 0 Å². The molecule has 1 heterocycles. The van der Waals surface area contributed by atoms with Gasteiger partial charge in [-0.05, 0) is 56.6 Å². The van der Waals surface area contributed by atoms with Crippen LogP contribution in [0.2, 0.25) is 0 Å². The van der Waals surface area contributed by atoms with E-state index >= 15 is 0 Å². The van der Waals surface area contributed by atoms with Gasteiger partial charge in [0, 0.05) is 32.8 Å². The van der Waals surface area contributed by atoms with Crippen LogP contribution in [0.15, 0.2) is 29.3 Å². The zero-order valence-electron chi connectivity index (χ0n) is 16.0. The number of hydrogen-bond donors (Lipinski definition) is 2. The molecule has 0 spiro atoms. The van der Waals surface area contributed by atoms with E-state index < -0.39 is 0 Å². The van der Waals surface area contributed by atoms with E-state index in [-0.39, 0.29) is 12.2 Å². The summed E-state index contributed by atoms with van der Waals surface area (Å²) >= 11 is 0. The van der Waals surface area contributed by atoms with Gasteiger partial charge in [-0.25, -0.2) is 0 Å². The minimum absolute atomic E-state index is 0.152. The highest BCUT2D eigenvalue weighted by atomic mass is 16.5. The van der Waals surface area contributed by atoms with Gasteiger partial charge in [0.15, 0.2) is 5.96 Å². The monoisotopic (exact) mass is 359 g/mol. The molecule has 1 saturated heterocycles. The van der Waals surface area contributed by atoms with E-state index in [9.17, 15) is 5.11 Å². The molecule has 1 aromatic rings. The molecule has 0 bridgehead atoms. The molecule has 1 aromatic carbocycles. The lowest BCUT2D eigenvalue weighted by Crippen LogP contribution is -2.46. The Morgan fingerprint density at radius 1 is 1.27 bits per heavy atom. The normalized spacial score (nSPS) is 21.5. The van der Waals surface area contributed by atoms with Gasteiger partial charge in [-0.2, -0.15) is 0 Å². The van der Waals surface area contributed by atoms with Crippen LogP contribution in [0.1, 0.15) is 56.3 Å². The molecular weight excluding hydrogens is 326 g/mol. The van der Waals surface area contributed by atoms with Crippen molar-refractivity contribution in [3.8, 4) is 0 Å². The van der Waals surface area contributed by atoms with Crippen LogP contribution in [0.3, 0.4) is 0 Å². The molecule has 0 aromatic heterocycles. The molecule has 0 amide bonds. The van der Waals surface area contributed by atoms with Crippen molar-refractivity contribution in [2.24, 2.45) is 4.99 Å². The molecule has 1 unspecified atom stereocenters. The molecule has 144 valence electrons. The number of likely N-dealkylation sites (tertiary alicyclic amines) is 1. The lowest BCUT2D eigenvalue weighted by molar-refractivity contribution is 0.0402. The van der Waals surface area contributed by atoms with E-state index in [1.54, 1.807) is 0 Å². The average Bonchev–Trinajstić information content (AvgIpc) is 2.68. The van der Waals surface area contributed by atoms with E-state index in [1.165, 1.54) is 24.0 Å². The topological polar surface area (TPSA) is 57.1 Å². The van der Waals surface area contributed by atoms with Crippen molar-refractivity contribution in [1.29, 1.82) is 0 Å². The Labute approximate surface area is 157 Å². The highest BCUT2D eigenvalue weighted by Gasteiger charge is 2.21. The second-order valence-electron chi connectivity index (χ2n) is 7.26. The molecule has 1 aliphatic carbocycles. The SMILES string of the molecule is CCNC(=NCCCOC1CCCc2ccccc21)N1CCC(O)CC1. The standard InChI is InChI=1S/C21H33N3O2/c1-2-22-21(24-14-11-18(25)12-15-24)23-13-6-16-26-20-10-5-8-17-7-3-4-9-19(17)20/h3-4,7,9,18,20,25H,2,5-6,8,10-16H2,1H3,(H,22,23). The Morgan fingerprint density at radius 3 is 2.88 bits per heavy atom. The van der Waals surface area contributed by atoms with Gasteiger partial charge < -0.3 is 20.1 Å². The number of piperidine rings is 1. The number of aliphatic imine (C=N–C) groups is 1. The predicted molar refractivity (Wildman–Crippen MR) is 105 cm³/mol. The second-order valence-corrected chi connectivity index (χ2v) is 7.26. The van der Waals surface area contributed by atoms with Crippen molar-refractivity contribution in [2.75, 3.05) is 32.8 Å². The maximum absolute atomic E-state index is 9.67. The number of fused-ring (bicyclic) bond motifs is 1. The summed E-state index contributed by atoms with van der Waals surface area (Å²) in [4.78, 5) is 7.02. The summed E-state index contributed by atoms with van der Waals surface area (Å²) in [7, 11) is 0. The third-order valence-electron chi connectivity index (χ3n) is 5.30. The zero-order valence-corrected chi connectivity index (χ0v) is 16.0. The number of hydrogen-bond acceptors (Lipinski definition) is 3. The predicted octanol–water partition coefficient (Wildman–Crippen LogP) is 2.89. The van der Waals surface area contributed by atoms with Crippen LogP contribution >= 0.6 is 0 Å². The number of benzene rings is 1. The quantitative estimate of drug-likeness (QED) is 0.466. The Hall–Kier alpha value is -1.59. The van der Waals surface area contributed by atoms with Gasteiger partial charge in [0.1, 0.15) is 0 Å². The first-order valence-corrected chi connectivity index (χ1v) is 10.2. The first kappa shape index (κ1) is 19.2. The minimum atomic E-state index is -0.152. The lowest BCUT2D eigenvalue weighted by atomic mass is 9.89. The fourth-order valence-electron chi connectivity index (χ4n) is 3.86. The minimum Gasteiger partial charge on any atom is -0.393 e. The summed E-state index contributed by atoms with van der Waals surface area (Å²) in [6, 6.07) is 8.68. The van der Waals surface area contributed by atoms with Gasteiger partial charge in [-0.15, -0.1) is 0 Å². The maximum atomic E-state index is 9.67. The van der Waals surface area contributed by atoms with Crippen molar-refractivity contribution in [1.82, 2.24) is 10.2 Å². The van der Waals surface area contributed by atoms with E-state index in [0.29, 0.717) is 0 Å². The highest BCUT2D eigenvalue weighted by Crippen LogP contribution is 2.32. The average molecular weight is 360 g/mol.